The summed E-state index contributed by atoms with van der Waals surface area (Å²) in [6.07, 6.45) is 4.09. The highest BCUT2D eigenvalue weighted by Crippen LogP contribution is 2.20. The molecule has 1 unspecified atom stereocenters. The van der Waals surface area contributed by atoms with Gasteiger partial charge in [0.1, 0.15) is 5.69 Å². The Morgan fingerprint density at radius 1 is 1.22 bits per heavy atom. The monoisotopic (exact) mass is 244 g/mol. The quantitative estimate of drug-likeness (QED) is 0.820. The van der Waals surface area contributed by atoms with E-state index >= 15 is 0 Å². The molecule has 0 amide bonds. The lowest BCUT2D eigenvalue weighted by molar-refractivity contribution is 0.613. The van der Waals surface area contributed by atoms with E-state index in [1.807, 2.05) is 0 Å². The molecule has 2 aromatic rings. The number of nitrogens with zero attached hydrogens (tertiary/aromatic N) is 2. The van der Waals surface area contributed by atoms with E-state index in [2.05, 4.69) is 58.8 Å². The Hall–Kier alpha value is -1.68. The van der Waals surface area contributed by atoms with E-state index in [0.717, 1.165) is 18.7 Å². The Morgan fingerprint density at radius 2 is 2.00 bits per heavy atom. The van der Waals surface area contributed by atoms with Gasteiger partial charge in [0, 0.05) is 0 Å². The van der Waals surface area contributed by atoms with Crippen molar-refractivity contribution in [1.82, 2.24) is 20.7 Å². The molecule has 1 aromatic heterocycles. The van der Waals surface area contributed by atoms with E-state index in [1.54, 1.807) is 6.20 Å². The molecule has 0 aliphatic rings. The summed E-state index contributed by atoms with van der Waals surface area (Å²) in [7, 11) is 0. The van der Waals surface area contributed by atoms with Crippen LogP contribution in [-0.4, -0.2) is 22.0 Å². The maximum atomic E-state index is 4.17. The molecule has 1 atom stereocenters. The third-order valence-corrected chi connectivity index (χ3v) is 2.99. The minimum atomic E-state index is 0.115. The van der Waals surface area contributed by atoms with Crippen molar-refractivity contribution in [2.75, 3.05) is 6.54 Å². The topological polar surface area (TPSA) is 53.6 Å². The zero-order valence-electron chi connectivity index (χ0n) is 11.0. The molecule has 0 fully saturated rings. The Kier molecular flexibility index (Phi) is 4.47. The van der Waals surface area contributed by atoms with Gasteiger partial charge in [-0.2, -0.15) is 15.4 Å². The van der Waals surface area contributed by atoms with Crippen LogP contribution in [-0.2, 0) is 6.42 Å². The van der Waals surface area contributed by atoms with Gasteiger partial charge in [0.2, 0.25) is 0 Å². The molecular weight excluding hydrogens is 224 g/mol. The van der Waals surface area contributed by atoms with E-state index in [-0.39, 0.29) is 6.04 Å². The average molecular weight is 244 g/mol. The van der Waals surface area contributed by atoms with Crippen molar-refractivity contribution in [2.24, 2.45) is 0 Å². The fourth-order valence-corrected chi connectivity index (χ4v) is 2.11. The molecule has 96 valence electrons. The van der Waals surface area contributed by atoms with Gasteiger partial charge >= 0.3 is 0 Å². The number of benzene rings is 1. The molecule has 0 saturated carbocycles. The molecule has 0 bridgehead atoms. The van der Waals surface area contributed by atoms with Gasteiger partial charge in [0.25, 0.3) is 0 Å². The lowest BCUT2D eigenvalue weighted by Gasteiger charge is -2.16. The lowest BCUT2D eigenvalue weighted by Crippen LogP contribution is -2.22. The Labute approximate surface area is 108 Å². The van der Waals surface area contributed by atoms with E-state index in [9.17, 15) is 0 Å². The van der Waals surface area contributed by atoms with Crippen LogP contribution in [0.5, 0.6) is 0 Å². The minimum absolute atomic E-state index is 0.115. The van der Waals surface area contributed by atoms with Crippen LogP contribution in [0.2, 0.25) is 0 Å². The molecule has 4 heteroatoms. The number of hydrogen-bond acceptors (Lipinski definition) is 3. The average Bonchev–Trinajstić information content (AvgIpc) is 2.91. The predicted molar refractivity (Wildman–Crippen MR) is 72.3 cm³/mol. The highest BCUT2D eigenvalue weighted by molar-refractivity contribution is 5.29. The normalized spacial score (nSPS) is 12.6. The zero-order valence-corrected chi connectivity index (χ0v) is 11.0. The number of nitrogens with one attached hydrogen (secondary N) is 2. The molecule has 1 heterocycles. The summed E-state index contributed by atoms with van der Waals surface area (Å²) in [6, 6.07) is 8.86. The van der Waals surface area contributed by atoms with Crippen LogP contribution in [0, 0.1) is 0 Å². The molecule has 1 aromatic carbocycles. The second kappa shape index (κ2) is 6.31. The predicted octanol–water partition coefficient (Wildman–Crippen LogP) is 2.46. The van der Waals surface area contributed by atoms with Crippen molar-refractivity contribution in [3.05, 3.63) is 47.3 Å². The fourth-order valence-electron chi connectivity index (χ4n) is 2.11. The van der Waals surface area contributed by atoms with Crippen LogP contribution >= 0.6 is 0 Å². The van der Waals surface area contributed by atoms with Gasteiger partial charge in [-0.3, -0.25) is 0 Å². The van der Waals surface area contributed by atoms with Crippen LogP contribution in [0.15, 0.2) is 30.5 Å². The summed E-state index contributed by atoms with van der Waals surface area (Å²) in [5.41, 5.74) is 3.54. The van der Waals surface area contributed by atoms with Gasteiger partial charge in [-0.1, -0.05) is 44.5 Å². The zero-order chi connectivity index (χ0) is 12.8. The lowest BCUT2D eigenvalue weighted by atomic mass is 10.0. The highest BCUT2D eigenvalue weighted by atomic mass is 15.3. The van der Waals surface area contributed by atoms with Crippen molar-refractivity contribution in [3.8, 4) is 0 Å². The molecular formula is C14H20N4. The number of H-pyrrole nitrogens is 1. The van der Waals surface area contributed by atoms with E-state index < -0.39 is 0 Å². The first-order valence-electron chi connectivity index (χ1n) is 6.53. The van der Waals surface area contributed by atoms with Crippen molar-refractivity contribution in [2.45, 2.75) is 32.7 Å². The maximum absolute atomic E-state index is 4.17. The third-order valence-electron chi connectivity index (χ3n) is 2.99. The van der Waals surface area contributed by atoms with Gasteiger partial charge in [-0.15, -0.1) is 0 Å². The number of hydrogen-bond donors (Lipinski definition) is 2. The SMILES string of the molecule is CCCc1ccc(C(NCC)c2cn[nH]n2)cc1. The standard InChI is InChI=1S/C14H20N4/c1-3-5-11-6-8-12(9-7-11)14(15-4-2)13-10-16-18-17-13/h6-10,14-15H,3-5H2,1-2H3,(H,16,17,18). The summed E-state index contributed by atoms with van der Waals surface area (Å²) in [5.74, 6) is 0. The second-order valence-corrected chi connectivity index (χ2v) is 4.38. The highest BCUT2D eigenvalue weighted by Gasteiger charge is 2.15. The summed E-state index contributed by atoms with van der Waals surface area (Å²) >= 11 is 0. The minimum Gasteiger partial charge on any atom is -0.305 e. The molecule has 0 radical (unpaired) electrons. The molecule has 0 saturated heterocycles. The van der Waals surface area contributed by atoms with Gasteiger partial charge in [-0.25, -0.2) is 0 Å². The first-order valence-corrected chi connectivity index (χ1v) is 6.53. The second-order valence-electron chi connectivity index (χ2n) is 4.38. The number of rotatable bonds is 6. The smallest absolute Gasteiger partial charge is 0.104 e. The number of aryl methyl sites for hydroxylation is 1. The van der Waals surface area contributed by atoms with Crippen LogP contribution in [0.1, 0.15) is 43.1 Å². The van der Waals surface area contributed by atoms with Gasteiger partial charge in [-0.05, 0) is 24.1 Å². The number of aromatic nitrogens is 3. The fraction of sp³-hybridized carbons (Fsp3) is 0.429. The largest absolute Gasteiger partial charge is 0.305 e. The summed E-state index contributed by atoms with van der Waals surface area (Å²) in [4.78, 5) is 0. The van der Waals surface area contributed by atoms with Crippen molar-refractivity contribution >= 4 is 0 Å². The van der Waals surface area contributed by atoms with E-state index in [4.69, 9.17) is 0 Å². The molecule has 0 spiro atoms. The van der Waals surface area contributed by atoms with E-state index in [0.29, 0.717) is 0 Å². The molecule has 0 aliphatic heterocycles. The molecule has 2 rings (SSSR count). The first kappa shape index (κ1) is 12.8. The molecule has 18 heavy (non-hydrogen) atoms. The van der Waals surface area contributed by atoms with Gasteiger partial charge in [0.05, 0.1) is 12.2 Å². The first-order chi connectivity index (χ1) is 8.85. The van der Waals surface area contributed by atoms with Crippen molar-refractivity contribution in [3.63, 3.8) is 0 Å². The number of aromatic amines is 1. The Balaban J connectivity index is 2.20. The third kappa shape index (κ3) is 2.96. The van der Waals surface area contributed by atoms with Crippen LogP contribution < -0.4 is 5.32 Å². The van der Waals surface area contributed by atoms with Crippen LogP contribution in [0.4, 0.5) is 0 Å². The maximum Gasteiger partial charge on any atom is 0.104 e. The Bertz CT molecular complexity index is 447. The van der Waals surface area contributed by atoms with Crippen LogP contribution in [0.3, 0.4) is 0 Å². The summed E-state index contributed by atoms with van der Waals surface area (Å²) < 4.78 is 0. The molecule has 0 aliphatic carbocycles. The molecule has 4 nitrogen and oxygen atoms in total. The summed E-state index contributed by atoms with van der Waals surface area (Å²) in [5, 5.41) is 14.2. The van der Waals surface area contributed by atoms with E-state index in [1.165, 1.54) is 17.5 Å². The van der Waals surface area contributed by atoms with Crippen LogP contribution in [0.25, 0.3) is 0 Å². The molecule has 2 N–H and O–H groups in total. The Morgan fingerprint density at radius 3 is 2.56 bits per heavy atom. The van der Waals surface area contributed by atoms with Crippen molar-refractivity contribution in [1.29, 1.82) is 0 Å². The van der Waals surface area contributed by atoms with Crippen molar-refractivity contribution < 1.29 is 0 Å². The summed E-state index contributed by atoms with van der Waals surface area (Å²) in [6.45, 7) is 5.19. The van der Waals surface area contributed by atoms with Gasteiger partial charge in [0.15, 0.2) is 0 Å². The van der Waals surface area contributed by atoms with Gasteiger partial charge < -0.3 is 5.32 Å².